The average Bonchev–Trinajstić information content (AvgIpc) is 2.44. The first-order chi connectivity index (χ1) is 9.56. The number of anilines is 1. The fourth-order valence-corrected chi connectivity index (χ4v) is 1.63. The van der Waals surface area contributed by atoms with Crippen LogP contribution in [0.4, 0.5) is 11.4 Å². The third kappa shape index (κ3) is 5.68. The molecule has 0 saturated heterocycles. The summed E-state index contributed by atoms with van der Waals surface area (Å²) in [7, 11) is 3.68. The molecule has 5 nitrogen and oxygen atoms in total. The van der Waals surface area contributed by atoms with Crippen LogP contribution in [-0.4, -0.2) is 29.5 Å². The lowest BCUT2D eigenvalue weighted by Crippen LogP contribution is -2.03. The predicted molar refractivity (Wildman–Crippen MR) is 94.0 cm³/mol. The van der Waals surface area contributed by atoms with Crippen LogP contribution >= 0.6 is 22.9 Å². The van der Waals surface area contributed by atoms with Crippen LogP contribution in [0.2, 0.25) is 0 Å². The summed E-state index contributed by atoms with van der Waals surface area (Å²) in [4.78, 5) is 4.10. The molecule has 0 spiro atoms. The summed E-state index contributed by atoms with van der Waals surface area (Å²) in [5.74, 6) is 0.754. The Hall–Kier alpha value is -1.44. The first-order valence-electron chi connectivity index (χ1n) is 6.37. The Morgan fingerprint density at radius 1 is 1.35 bits per heavy atom. The lowest BCUT2D eigenvalue weighted by Gasteiger charge is -2.08. The maximum atomic E-state index is 4.26. The minimum atomic E-state index is 0.754. The van der Waals surface area contributed by atoms with E-state index in [9.17, 15) is 0 Å². The summed E-state index contributed by atoms with van der Waals surface area (Å²) < 4.78 is 1.88. The number of benzene rings is 1. The van der Waals surface area contributed by atoms with Crippen molar-refractivity contribution in [3.63, 3.8) is 0 Å². The van der Waals surface area contributed by atoms with E-state index in [1.807, 2.05) is 47.4 Å². The zero-order valence-electron chi connectivity index (χ0n) is 12.3. The highest BCUT2D eigenvalue weighted by Gasteiger charge is 2.00. The monoisotopic (exact) mass is 385 g/mol. The highest BCUT2D eigenvalue weighted by atomic mass is 127. The normalized spacial score (nSPS) is 12.8. The van der Waals surface area contributed by atoms with E-state index in [2.05, 4.69) is 50.3 Å². The van der Waals surface area contributed by atoms with Crippen molar-refractivity contribution in [2.24, 2.45) is 15.2 Å². The Balaban J connectivity index is 2.85. The summed E-state index contributed by atoms with van der Waals surface area (Å²) in [6, 6.07) is 7.86. The van der Waals surface area contributed by atoms with Gasteiger partial charge < -0.3 is 8.43 Å². The number of nitrogens with one attached hydrogen (secondary N) is 1. The third-order valence-electron chi connectivity index (χ3n) is 2.52. The molecule has 0 heterocycles. The molecule has 1 aromatic carbocycles. The number of allylic oxidation sites excluding steroid dienone is 1. The van der Waals surface area contributed by atoms with Crippen LogP contribution < -0.4 is 5.32 Å². The molecule has 20 heavy (non-hydrogen) atoms. The maximum absolute atomic E-state index is 4.26. The summed E-state index contributed by atoms with van der Waals surface area (Å²) in [5.41, 5.74) is 2.81. The van der Waals surface area contributed by atoms with E-state index < -0.39 is 0 Å². The minimum absolute atomic E-state index is 0.754. The molecular weight excluding hydrogens is 365 g/mol. The lowest BCUT2D eigenvalue weighted by atomic mass is 10.3. The SMILES string of the molecule is CCNc1ccc(N=N/C(=C/C(C)=NC)N(C)I)cc1. The Kier molecular flexibility index (Phi) is 7.21. The number of hydrogen-bond acceptors (Lipinski definition) is 5. The van der Waals surface area contributed by atoms with Gasteiger partial charge in [-0.3, -0.25) is 4.99 Å². The predicted octanol–water partition coefficient (Wildman–Crippen LogP) is 4.42. The van der Waals surface area contributed by atoms with Gasteiger partial charge in [-0.05, 0) is 38.1 Å². The number of nitrogens with zero attached hydrogens (tertiary/aromatic N) is 4. The van der Waals surface area contributed by atoms with Crippen molar-refractivity contribution < 1.29 is 0 Å². The zero-order valence-corrected chi connectivity index (χ0v) is 14.4. The smallest absolute Gasteiger partial charge is 0.161 e. The zero-order chi connectivity index (χ0) is 15.0. The van der Waals surface area contributed by atoms with Crippen molar-refractivity contribution in [2.45, 2.75) is 13.8 Å². The average molecular weight is 385 g/mol. The molecule has 0 unspecified atom stereocenters. The van der Waals surface area contributed by atoms with Crippen LogP contribution in [-0.2, 0) is 0 Å². The number of rotatable bonds is 6. The topological polar surface area (TPSA) is 52.4 Å². The van der Waals surface area contributed by atoms with E-state index in [0.29, 0.717) is 0 Å². The Morgan fingerprint density at radius 3 is 2.50 bits per heavy atom. The summed E-state index contributed by atoms with van der Waals surface area (Å²) in [5, 5.41) is 11.7. The minimum Gasteiger partial charge on any atom is -0.385 e. The van der Waals surface area contributed by atoms with E-state index in [0.717, 1.165) is 29.5 Å². The molecule has 0 atom stereocenters. The second kappa shape index (κ2) is 8.68. The molecule has 0 aliphatic heterocycles. The van der Waals surface area contributed by atoms with E-state index in [-0.39, 0.29) is 0 Å². The molecule has 0 radical (unpaired) electrons. The Morgan fingerprint density at radius 2 is 2.00 bits per heavy atom. The molecule has 0 aromatic heterocycles. The van der Waals surface area contributed by atoms with Crippen molar-refractivity contribution in [1.82, 2.24) is 3.11 Å². The maximum Gasteiger partial charge on any atom is 0.161 e. The number of halogens is 1. The quantitative estimate of drug-likeness (QED) is 0.341. The number of hydrogen-bond donors (Lipinski definition) is 1. The summed E-state index contributed by atoms with van der Waals surface area (Å²) >= 11 is 2.16. The summed E-state index contributed by atoms with van der Waals surface area (Å²) in [6.07, 6.45) is 1.89. The van der Waals surface area contributed by atoms with Crippen molar-refractivity contribution in [3.05, 3.63) is 36.2 Å². The second-order valence-electron chi connectivity index (χ2n) is 4.12. The van der Waals surface area contributed by atoms with Crippen LogP contribution in [0.25, 0.3) is 0 Å². The Bertz CT molecular complexity index is 503. The molecule has 0 saturated carbocycles. The largest absolute Gasteiger partial charge is 0.385 e. The van der Waals surface area contributed by atoms with Gasteiger partial charge in [0.25, 0.3) is 0 Å². The molecular formula is C14H20IN5. The molecule has 0 fully saturated rings. The second-order valence-corrected chi connectivity index (χ2v) is 5.57. The molecule has 1 aromatic rings. The van der Waals surface area contributed by atoms with Gasteiger partial charge in [0.2, 0.25) is 0 Å². The van der Waals surface area contributed by atoms with Crippen molar-refractivity contribution in [2.75, 3.05) is 26.0 Å². The van der Waals surface area contributed by atoms with Gasteiger partial charge in [-0.25, -0.2) is 0 Å². The highest BCUT2D eigenvalue weighted by molar-refractivity contribution is 14.1. The molecule has 0 bridgehead atoms. The van der Waals surface area contributed by atoms with E-state index in [1.54, 1.807) is 7.05 Å². The van der Waals surface area contributed by atoms with Crippen LogP contribution in [0.15, 0.2) is 51.4 Å². The Labute approximate surface area is 134 Å². The molecule has 0 aliphatic carbocycles. The van der Waals surface area contributed by atoms with Crippen molar-refractivity contribution >= 4 is 40.0 Å². The van der Waals surface area contributed by atoms with E-state index >= 15 is 0 Å². The van der Waals surface area contributed by atoms with E-state index in [1.165, 1.54) is 0 Å². The molecule has 0 aliphatic rings. The van der Waals surface area contributed by atoms with Gasteiger partial charge in [-0.1, -0.05) is 0 Å². The number of aliphatic imine (C=N–C) groups is 1. The van der Waals surface area contributed by atoms with Crippen LogP contribution in [0, 0.1) is 0 Å². The fraction of sp³-hybridized carbons (Fsp3) is 0.357. The molecule has 108 valence electrons. The van der Waals surface area contributed by atoms with Gasteiger partial charge in [-0.2, -0.15) is 0 Å². The highest BCUT2D eigenvalue weighted by Crippen LogP contribution is 2.19. The standard InChI is InChI=1S/C14H20IN5/c1-5-17-12-6-8-13(9-7-12)18-19-14(20(4)15)10-11(2)16-3/h6-10,17H,5H2,1-4H3/b14-10-,16-11?,19-18?. The van der Waals surface area contributed by atoms with Gasteiger partial charge in [0.05, 0.1) is 28.6 Å². The first-order valence-corrected chi connectivity index (χ1v) is 7.33. The lowest BCUT2D eigenvalue weighted by molar-refractivity contribution is 0.726. The van der Waals surface area contributed by atoms with Gasteiger partial charge in [0.15, 0.2) is 5.82 Å². The third-order valence-corrected chi connectivity index (χ3v) is 3.02. The van der Waals surface area contributed by atoms with Crippen LogP contribution in [0.1, 0.15) is 13.8 Å². The van der Waals surface area contributed by atoms with Crippen molar-refractivity contribution in [3.8, 4) is 0 Å². The van der Waals surface area contributed by atoms with Crippen LogP contribution in [0.5, 0.6) is 0 Å². The molecule has 6 heteroatoms. The van der Waals surface area contributed by atoms with Gasteiger partial charge in [0, 0.05) is 38.1 Å². The van der Waals surface area contributed by atoms with Crippen LogP contribution in [0.3, 0.4) is 0 Å². The van der Waals surface area contributed by atoms with Gasteiger partial charge in [-0.15, -0.1) is 10.2 Å². The number of azo groups is 1. The van der Waals surface area contributed by atoms with E-state index in [4.69, 9.17) is 0 Å². The summed E-state index contributed by atoms with van der Waals surface area (Å²) in [6.45, 7) is 4.91. The van der Waals surface area contributed by atoms with Crippen molar-refractivity contribution in [1.29, 1.82) is 0 Å². The molecule has 0 amide bonds. The van der Waals surface area contributed by atoms with Gasteiger partial charge >= 0.3 is 0 Å². The van der Waals surface area contributed by atoms with Gasteiger partial charge in [0.1, 0.15) is 0 Å². The molecule has 1 N–H and O–H groups in total. The molecule has 1 rings (SSSR count). The fourth-order valence-electron chi connectivity index (χ4n) is 1.39. The first kappa shape index (κ1) is 16.6.